The minimum Gasteiger partial charge on any atom is -0.508 e. The number of nitrogens with zero attached hydrogens (tertiary/aromatic N) is 4. The number of hydrogen-bond acceptors (Lipinski definition) is 20. The van der Waals surface area contributed by atoms with E-state index in [4.69, 9.17) is 5.73 Å². The molecule has 13 atom stereocenters. The Hall–Kier alpha value is -10.4. The summed E-state index contributed by atoms with van der Waals surface area (Å²) in [4.78, 5) is 233. The van der Waals surface area contributed by atoms with Gasteiger partial charge in [0.1, 0.15) is 78.3 Å². The molecule has 0 unspecified atom stereocenters. The lowest BCUT2D eigenvalue weighted by Gasteiger charge is -2.32. The second kappa shape index (κ2) is 47.1. The highest BCUT2D eigenvalue weighted by atomic mass is 32.2. The van der Waals surface area contributed by atoms with Crippen molar-refractivity contribution in [3.8, 4) is 5.75 Å². The van der Waals surface area contributed by atoms with E-state index < -0.39 is 186 Å². The predicted octanol–water partition coefficient (Wildman–Crippen LogP) is -1.37. The van der Waals surface area contributed by atoms with Crippen LogP contribution in [0, 0.1) is 11.8 Å². The van der Waals surface area contributed by atoms with Crippen molar-refractivity contribution in [2.45, 2.75) is 236 Å². The number of fused-ring (bicyclic) bond motifs is 2. The highest BCUT2D eigenvalue weighted by Gasteiger charge is 2.44. The summed E-state index contributed by atoms with van der Waals surface area (Å²) in [5.41, 5.74) is 7.25. The topological polar surface area (TPSA) is 513 Å². The van der Waals surface area contributed by atoms with Gasteiger partial charge in [0.15, 0.2) is 0 Å². The van der Waals surface area contributed by atoms with Gasteiger partial charge in [-0.15, -0.1) is 11.8 Å². The van der Waals surface area contributed by atoms with E-state index in [9.17, 15) is 86.9 Å². The SMILES string of the molecule is CCCC[C@H](NC)C(=O)N(C)[C@@H](CCCC)C(=O)N[C@@H](CC(C)C)C(=O)N[C@@H](CSCC(=O)N[C@@H](Cc1ccc(O)cc1)C(=O)N(C)[C@@H](C)C(=O)N[C@H]1CCC(=O)NCC[C@@H](C(=O)N[C@@H](CC(C)C)C(=O)N2CCC[C@H]2C(=O)N[C@@H](Cc2c[nH]c3ccccc23)C(=O)N[C@@H](CO)C(=O)NC)NC(=O)[C@@H]2CCCN2C1=O)C(=O)NCC(N)=O. The van der Waals surface area contributed by atoms with Crippen LogP contribution in [0.3, 0.4) is 0 Å². The maximum Gasteiger partial charge on any atom is 0.245 e. The number of hydrogen-bond donors (Lipinski definition) is 16. The fraction of sp³-hybridized carbons (Fsp3) is 0.625. The van der Waals surface area contributed by atoms with E-state index in [1.807, 2.05) is 65.8 Å². The molecule has 4 heterocycles. The number of unbranched alkanes of at least 4 members (excludes halogenated alkanes) is 2. The standard InChI is InChI=1S/C80H122N18O18S/c1-12-14-21-54(82-8)77(113)96(11)62(23-15-13-2)74(110)90-56(36-45(3)4)72(108)94-61(70(106)86-41-65(81)101)43-117-44-67(103)87-59(38-48-26-28-50(100)29-27-48)78(114)95(10)47(7)68(104)89-55-30-31-66(102)84-33-32-53(88-75(111)63-24-18-34-97(63)79(55)115)71(107)92-58(37-46(5)6)80(116)98-35-19-25-64(98)76(112)91-57(73(109)93-60(42-99)69(105)83-9)39-49-40-85-52-22-17-16-20-51(49)52/h16-17,20,22,26-29,40,45-47,53-64,82,85,99-100H,12-15,18-19,21,23-25,30-39,41-44H2,1-11H3,(H2,81,101)(H,83,105)(H,84,102)(H,86,106)(H,87,103)(H,88,111)(H,89,104)(H,90,110)(H,91,112)(H,92,107)(H,93,109)(H,94,108)/t47-,53-,54-,55-,56-,57-,58-,59-,60-,61-,62-,63-,64-/m0/s1. The van der Waals surface area contributed by atoms with E-state index in [1.54, 1.807) is 20.3 Å². The quantitative estimate of drug-likeness (QED) is 0.0311. The number of nitrogens with one attached hydrogen (secondary N) is 13. The van der Waals surface area contributed by atoms with Crippen LogP contribution in [0.1, 0.15) is 156 Å². The highest BCUT2D eigenvalue weighted by Crippen LogP contribution is 2.26. The maximum absolute atomic E-state index is 14.8. The molecule has 16 amide bonds. The Balaban J connectivity index is 1.13. The molecule has 0 bridgehead atoms. The van der Waals surface area contributed by atoms with Gasteiger partial charge >= 0.3 is 0 Å². The number of rotatable bonds is 42. The number of carbonyl (C=O) groups is 16. The minimum absolute atomic E-state index is 0.0245. The fourth-order valence-corrected chi connectivity index (χ4v) is 15.3. The molecule has 36 nitrogen and oxygen atoms in total. The second-order valence-electron chi connectivity index (χ2n) is 31.0. The molecule has 3 saturated heterocycles. The van der Waals surface area contributed by atoms with Crippen LogP contribution in [0.5, 0.6) is 5.75 Å². The van der Waals surface area contributed by atoms with Gasteiger partial charge in [-0.3, -0.25) is 76.7 Å². The number of H-pyrrole nitrogens is 1. The van der Waals surface area contributed by atoms with Crippen molar-refractivity contribution in [2.75, 3.05) is 72.5 Å². The zero-order valence-corrected chi connectivity index (χ0v) is 69.8. The van der Waals surface area contributed by atoms with Gasteiger partial charge in [0, 0.05) is 82.9 Å². The third-order valence-corrected chi connectivity index (χ3v) is 22.2. The van der Waals surface area contributed by atoms with E-state index >= 15 is 0 Å². The van der Waals surface area contributed by atoms with Gasteiger partial charge in [-0.2, -0.15) is 0 Å². The number of benzene rings is 2. The zero-order chi connectivity index (χ0) is 86.3. The Morgan fingerprint density at radius 3 is 1.94 bits per heavy atom. The molecule has 0 saturated carbocycles. The number of phenols is 1. The highest BCUT2D eigenvalue weighted by molar-refractivity contribution is 8.00. The molecule has 646 valence electrons. The number of thioether (sulfide) groups is 1. The number of likely N-dealkylation sites (tertiary alicyclic amines) is 1. The molecule has 3 fully saturated rings. The minimum atomic E-state index is -1.45. The molecule has 117 heavy (non-hydrogen) atoms. The number of phenolic OH excluding ortho intramolecular Hbond substituents is 1. The lowest BCUT2D eigenvalue weighted by Crippen LogP contribution is -2.60. The van der Waals surface area contributed by atoms with E-state index in [-0.39, 0.29) is 107 Å². The molecule has 0 spiro atoms. The lowest BCUT2D eigenvalue weighted by molar-refractivity contribution is -0.145. The van der Waals surface area contributed by atoms with Gasteiger partial charge in [-0.05, 0) is 119 Å². The first-order valence-electron chi connectivity index (χ1n) is 40.4. The number of carbonyl (C=O) groups excluding carboxylic acids is 16. The number of aromatic amines is 1. The number of nitrogens with two attached hydrogens (primary N) is 1. The number of likely N-dealkylation sites (N-methyl/N-ethyl adjacent to an activating group) is 4. The van der Waals surface area contributed by atoms with E-state index in [1.165, 1.54) is 60.0 Å². The summed E-state index contributed by atoms with van der Waals surface area (Å²) in [6, 6.07) is -2.94. The van der Waals surface area contributed by atoms with E-state index in [0.29, 0.717) is 49.7 Å². The monoisotopic (exact) mass is 1650 g/mol. The van der Waals surface area contributed by atoms with Crippen molar-refractivity contribution < 1.29 is 86.9 Å². The number of aliphatic hydroxyl groups is 1. The molecule has 37 heteroatoms. The summed E-state index contributed by atoms with van der Waals surface area (Å²) in [6.07, 6.45) is 5.57. The number of para-hydroxylation sites is 1. The van der Waals surface area contributed by atoms with Crippen LogP contribution in [-0.2, 0) is 89.6 Å². The number of aromatic nitrogens is 1. The summed E-state index contributed by atoms with van der Waals surface area (Å²) >= 11 is 0.864. The third kappa shape index (κ3) is 28.4. The summed E-state index contributed by atoms with van der Waals surface area (Å²) in [6.45, 7) is 11.2. The predicted molar refractivity (Wildman–Crippen MR) is 436 cm³/mol. The zero-order valence-electron chi connectivity index (χ0n) is 69.0. The molecule has 3 aliphatic rings. The molecular formula is C80H122N18O18S. The van der Waals surface area contributed by atoms with E-state index in [0.717, 1.165) is 40.4 Å². The first kappa shape index (κ1) is 95.4. The Bertz CT molecular complexity index is 3960. The first-order chi connectivity index (χ1) is 55.6. The van der Waals surface area contributed by atoms with Crippen LogP contribution in [0.25, 0.3) is 10.9 Å². The lowest BCUT2D eigenvalue weighted by atomic mass is 10.0. The maximum atomic E-state index is 14.8. The van der Waals surface area contributed by atoms with Crippen LogP contribution >= 0.6 is 11.8 Å². The van der Waals surface area contributed by atoms with Gasteiger partial charge in [-0.25, -0.2) is 0 Å². The Morgan fingerprint density at radius 2 is 1.28 bits per heavy atom. The molecule has 17 N–H and O–H groups in total. The number of amides is 16. The average molecular weight is 1660 g/mol. The van der Waals surface area contributed by atoms with Crippen molar-refractivity contribution in [2.24, 2.45) is 17.6 Å². The van der Waals surface area contributed by atoms with Crippen molar-refractivity contribution in [1.29, 1.82) is 0 Å². The normalized spacial score (nSPS) is 18.8. The van der Waals surface area contributed by atoms with Gasteiger partial charge in [0.2, 0.25) is 94.5 Å². The summed E-state index contributed by atoms with van der Waals surface area (Å²) in [5.74, 6) is -12.7. The smallest absolute Gasteiger partial charge is 0.245 e. The van der Waals surface area contributed by atoms with Gasteiger partial charge in [0.25, 0.3) is 0 Å². The number of aliphatic hydroxyl groups excluding tert-OH is 1. The van der Waals surface area contributed by atoms with Crippen LogP contribution in [0.15, 0.2) is 54.7 Å². The molecule has 3 aliphatic heterocycles. The summed E-state index contributed by atoms with van der Waals surface area (Å²) < 4.78 is 0. The van der Waals surface area contributed by atoms with Crippen LogP contribution in [0.4, 0.5) is 0 Å². The average Bonchev–Trinajstić information content (AvgIpc) is 1.71. The van der Waals surface area contributed by atoms with Gasteiger partial charge in [-0.1, -0.05) is 97.6 Å². The fourth-order valence-electron chi connectivity index (χ4n) is 14.4. The van der Waals surface area contributed by atoms with Crippen molar-refractivity contribution >= 4 is 117 Å². The molecule has 0 aliphatic carbocycles. The first-order valence-corrected chi connectivity index (χ1v) is 41.6. The molecule has 2 aromatic carbocycles. The molecule has 6 rings (SSSR count). The Kier molecular flexibility index (Phi) is 38.4. The van der Waals surface area contributed by atoms with Crippen molar-refractivity contribution in [3.05, 3.63) is 65.9 Å². The van der Waals surface area contributed by atoms with Crippen molar-refractivity contribution in [1.82, 2.24) is 88.4 Å². The van der Waals surface area contributed by atoms with Gasteiger partial charge in [0.05, 0.1) is 24.9 Å². The third-order valence-electron chi connectivity index (χ3n) is 21.1. The van der Waals surface area contributed by atoms with E-state index in [2.05, 4.69) is 68.8 Å². The molecule has 3 aromatic rings. The largest absolute Gasteiger partial charge is 0.508 e. The summed E-state index contributed by atoms with van der Waals surface area (Å²) in [7, 11) is 5.85. The summed E-state index contributed by atoms with van der Waals surface area (Å²) in [5, 5.41) is 53.2. The Morgan fingerprint density at radius 1 is 0.650 bits per heavy atom. The number of aromatic hydroxyl groups is 1. The van der Waals surface area contributed by atoms with Gasteiger partial charge < -0.3 is 104 Å². The Labute approximate surface area is 687 Å². The van der Waals surface area contributed by atoms with Crippen molar-refractivity contribution in [3.63, 3.8) is 0 Å². The molecule has 0 radical (unpaired) electrons. The molecule has 1 aromatic heterocycles. The van der Waals surface area contributed by atoms with Crippen LogP contribution < -0.4 is 69.5 Å². The number of primary amides is 1. The second-order valence-corrected chi connectivity index (χ2v) is 32.0. The van der Waals surface area contributed by atoms with Crippen LogP contribution in [-0.4, -0.2) is 280 Å². The molecular weight excluding hydrogens is 1530 g/mol. The van der Waals surface area contributed by atoms with Crippen LogP contribution in [0.2, 0.25) is 0 Å².